The lowest BCUT2D eigenvalue weighted by molar-refractivity contribution is -0.136. The molecule has 5 nitrogen and oxygen atoms in total. The van der Waals surface area contributed by atoms with Gasteiger partial charge in [0.15, 0.2) is 5.13 Å². The molecule has 0 spiro atoms. The first-order valence-electron chi connectivity index (χ1n) is 10.8. The first-order valence-corrected chi connectivity index (χ1v) is 11.7. The first-order chi connectivity index (χ1) is 15.1. The Morgan fingerprint density at radius 2 is 1.94 bits per heavy atom. The summed E-state index contributed by atoms with van der Waals surface area (Å²) >= 11 is 1.78. The van der Waals surface area contributed by atoms with Crippen molar-refractivity contribution in [3.8, 4) is 16.9 Å². The number of hydrogen-bond donors (Lipinski definition) is 1. The molecule has 1 saturated heterocycles. The van der Waals surface area contributed by atoms with Crippen molar-refractivity contribution >= 4 is 22.4 Å². The molecule has 1 aliphatic heterocycles. The Morgan fingerprint density at radius 1 is 1.13 bits per heavy atom. The number of thiazole rings is 1. The smallest absolute Gasteiger partial charge is 0.307 e. The van der Waals surface area contributed by atoms with Crippen LogP contribution in [0.15, 0.2) is 48.5 Å². The van der Waals surface area contributed by atoms with E-state index in [0.29, 0.717) is 6.61 Å². The van der Waals surface area contributed by atoms with Gasteiger partial charge in [-0.15, -0.1) is 11.3 Å². The molecule has 0 radical (unpaired) electrons. The average Bonchev–Trinajstić information content (AvgIpc) is 3.15. The molecule has 162 valence electrons. The number of anilines is 1. The van der Waals surface area contributed by atoms with Crippen molar-refractivity contribution in [1.82, 2.24) is 4.98 Å². The SMILES string of the molecule is Cc1sc(N2CCCCC2)nc1CCOc1cccc(-c2ccccc2CC(=O)O)c1. The van der Waals surface area contributed by atoms with Gasteiger partial charge in [0.1, 0.15) is 5.75 Å². The van der Waals surface area contributed by atoms with Gasteiger partial charge < -0.3 is 14.7 Å². The number of ether oxygens (including phenoxy) is 1. The third kappa shape index (κ3) is 5.44. The quantitative estimate of drug-likeness (QED) is 0.515. The third-order valence-corrected chi connectivity index (χ3v) is 6.69. The van der Waals surface area contributed by atoms with E-state index in [-0.39, 0.29) is 6.42 Å². The van der Waals surface area contributed by atoms with Gasteiger partial charge in [-0.25, -0.2) is 4.98 Å². The number of aryl methyl sites for hydroxylation is 1. The fourth-order valence-corrected chi connectivity index (χ4v) is 5.01. The van der Waals surface area contributed by atoms with Gasteiger partial charge in [0.2, 0.25) is 0 Å². The van der Waals surface area contributed by atoms with Crippen LogP contribution in [-0.2, 0) is 17.6 Å². The number of aliphatic carboxylic acids is 1. The van der Waals surface area contributed by atoms with Crippen LogP contribution in [0.25, 0.3) is 11.1 Å². The van der Waals surface area contributed by atoms with Crippen LogP contribution in [0.3, 0.4) is 0 Å². The standard InChI is InChI=1S/C25H28N2O3S/c1-18-23(26-25(31-18)27-13-5-2-6-14-27)12-15-30-21-10-7-9-19(16-21)22-11-4-3-8-20(22)17-24(28)29/h3-4,7-11,16H,2,5-6,12-15,17H2,1H3,(H,28,29). The van der Waals surface area contributed by atoms with Crippen LogP contribution in [-0.4, -0.2) is 35.8 Å². The Kier molecular flexibility index (Phi) is 6.87. The predicted octanol–water partition coefficient (Wildman–Crippen LogP) is 5.36. The topological polar surface area (TPSA) is 62.7 Å². The summed E-state index contributed by atoms with van der Waals surface area (Å²) < 4.78 is 6.04. The minimum absolute atomic E-state index is 0.00368. The molecule has 2 heterocycles. The lowest BCUT2D eigenvalue weighted by atomic mass is 9.97. The van der Waals surface area contributed by atoms with Gasteiger partial charge >= 0.3 is 5.97 Å². The van der Waals surface area contributed by atoms with Gasteiger partial charge in [0.25, 0.3) is 0 Å². The Hall–Kier alpha value is -2.86. The Balaban J connectivity index is 1.41. The maximum atomic E-state index is 11.2. The number of carbonyl (C=O) groups is 1. The molecular formula is C25H28N2O3S. The molecule has 1 N–H and O–H groups in total. The lowest BCUT2D eigenvalue weighted by Crippen LogP contribution is -2.29. The molecule has 1 aliphatic rings. The molecule has 0 saturated carbocycles. The number of nitrogens with zero attached hydrogens (tertiary/aromatic N) is 2. The minimum atomic E-state index is -0.831. The number of carboxylic acid groups (broad SMARTS) is 1. The lowest BCUT2D eigenvalue weighted by Gasteiger charge is -2.25. The van der Waals surface area contributed by atoms with Crippen LogP contribution in [0, 0.1) is 6.92 Å². The highest BCUT2D eigenvalue weighted by Gasteiger charge is 2.16. The Morgan fingerprint density at radius 3 is 2.74 bits per heavy atom. The van der Waals surface area contributed by atoms with E-state index in [1.807, 2.05) is 48.5 Å². The monoisotopic (exact) mass is 436 g/mol. The molecule has 1 fully saturated rings. The highest BCUT2D eigenvalue weighted by molar-refractivity contribution is 7.15. The van der Waals surface area contributed by atoms with Gasteiger partial charge in [-0.2, -0.15) is 0 Å². The highest BCUT2D eigenvalue weighted by atomic mass is 32.1. The van der Waals surface area contributed by atoms with E-state index in [4.69, 9.17) is 9.72 Å². The fourth-order valence-electron chi connectivity index (χ4n) is 4.00. The zero-order chi connectivity index (χ0) is 21.6. The number of rotatable bonds is 8. The predicted molar refractivity (Wildman–Crippen MR) is 125 cm³/mol. The average molecular weight is 437 g/mol. The second-order valence-electron chi connectivity index (χ2n) is 7.90. The van der Waals surface area contributed by atoms with Crippen molar-refractivity contribution in [2.24, 2.45) is 0 Å². The second kappa shape index (κ2) is 9.96. The summed E-state index contributed by atoms with van der Waals surface area (Å²) in [7, 11) is 0. The van der Waals surface area contributed by atoms with Crippen molar-refractivity contribution < 1.29 is 14.6 Å². The van der Waals surface area contributed by atoms with Crippen LogP contribution >= 0.6 is 11.3 Å². The van der Waals surface area contributed by atoms with Gasteiger partial charge in [0.05, 0.1) is 18.7 Å². The summed E-state index contributed by atoms with van der Waals surface area (Å²) in [6, 6.07) is 15.5. The highest BCUT2D eigenvalue weighted by Crippen LogP contribution is 2.29. The number of benzene rings is 2. The number of hydrogen-bond acceptors (Lipinski definition) is 5. The van der Waals surface area contributed by atoms with Gasteiger partial charge in [0, 0.05) is 24.4 Å². The molecule has 0 aliphatic carbocycles. The molecule has 0 bridgehead atoms. The summed E-state index contributed by atoms with van der Waals surface area (Å²) in [4.78, 5) is 19.7. The maximum absolute atomic E-state index is 11.2. The number of carboxylic acids is 1. The second-order valence-corrected chi connectivity index (χ2v) is 9.08. The van der Waals surface area contributed by atoms with Gasteiger partial charge in [-0.1, -0.05) is 36.4 Å². The zero-order valence-corrected chi connectivity index (χ0v) is 18.7. The van der Waals surface area contributed by atoms with Crippen molar-refractivity contribution in [3.63, 3.8) is 0 Å². The molecule has 31 heavy (non-hydrogen) atoms. The molecule has 6 heteroatoms. The Bertz CT molecular complexity index is 1040. The van der Waals surface area contributed by atoms with E-state index in [2.05, 4.69) is 11.8 Å². The van der Waals surface area contributed by atoms with E-state index in [0.717, 1.165) is 52.8 Å². The summed E-state index contributed by atoms with van der Waals surface area (Å²) in [5.74, 6) is -0.0471. The van der Waals surface area contributed by atoms with Crippen molar-refractivity contribution in [3.05, 3.63) is 64.7 Å². The first kappa shape index (κ1) is 21.4. The number of piperidine rings is 1. The largest absolute Gasteiger partial charge is 0.493 e. The van der Waals surface area contributed by atoms with Crippen LogP contribution in [0.2, 0.25) is 0 Å². The maximum Gasteiger partial charge on any atom is 0.307 e. The molecule has 3 aromatic rings. The molecular weight excluding hydrogens is 408 g/mol. The summed E-state index contributed by atoms with van der Waals surface area (Å²) in [6.07, 6.45) is 4.60. The van der Waals surface area contributed by atoms with Crippen LogP contribution in [0.5, 0.6) is 5.75 Å². The molecule has 1 aromatic heterocycles. The third-order valence-electron chi connectivity index (χ3n) is 5.62. The summed E-state index contributed by atoms with van der Waals surface area (Å²) in [5.41, 5.74) is 3.81. The van der Waals surface area contributed by atoms with Crippen LogP contribution in [0.4, 0.5) is 5.13 Å². The van der Waals surface area contributed by atoms with Crippen molar-refractivity contribution in [2.45, 2.75) is 39.0 Å². The fraction of sp³-hybridized carbons (Fsp3) is 0.360. The Labute approximate surface area is 187 Å². The molecule has 0 amide bonds. The van der Waals surface area contributed by atoms with Crippen LogP contribution in [0.1, 0.15) is 35.4 Å². The van der Waals surface area contributed by atoms with E-state index < -0.39 is 5.97 Å². The zero-order valence-electron chi connectivity index (χ0n) is 17.8. The molecule has 0 atom stereocenters. The molecule has 0 unspecified atom stereocenters. The van der Waals surface area contributed by atoms with Crippen LogP contribution < -0.4 is 9.64 Å². The van der Waals surface area contributed by atoms with E-state index in [1.54, 1.807) is 11.3 Å². The summed E-state index contributed by atoms with van der Waals surface area (Å²) in [5, 5.41) is 10.3. The minimum Gasteiger partial charge on any atom is -0.493 e. The molecule has 4 rings (SSSR count). The summed E-state index contributed by atoms with van der Waals surface area (Å²) in [6.45, 7) is 4.92. The van der Waals surface area contributed by atoms with E-state index in [1.165, 1.54) is 24.1 Å². The number of aromatic nitrogens is 1. The van der Waals surface area contributed by atoms with Crippen molar-refractivity contribution in [2.75, 3.05) is 24.6 Å². The van der Waals surface area contributed by atoms with E-state index >= 15 is 0 Å². The van der Waals surface area contributed by atoms with Gasteiger partial charge in [-0.05, 0) is 55.0 Å². The van der Waals surface area contributed by atoms with Crippen molar-refractivity contribution in [1.29, 1.82) is 0 Å². The normalized spacial score (nSPS) is 13.9. The van der Waals surface area contributed by atoms with E-state index in [9.17, 15) is 9.90 Å². The van der Waals surface area contributed by atoms with Gasteiger partial charge in [-0.3, -0.25) is 4.79 Å². The molecule has 2 aromatic carbocycles.